The molecule has 100 valence electrons. The van der Waals surface area contributed by atoms with Gasteiger partial charge in [0.25, 0.3) is 0 Å². The fourth-order valence-electron chi connectivity index (χ4n) is 2.40. The predicted molar refractivity (Wildman–Crippen MR) is 83.0 cm³/mol. The first-order valence-corrected chi connectivity index (χ1v) is 8.07. The lowest BCUT2D eigenvalue weighted by Gasteiger charge is -2.22. The minimum absolute atomic E-state index is 0.118. The lowest BCUT2D eigenvalue weighted by molar-refractivity contribution is 0.155. The maximum absolute atomic E-state index is 6.24. The first-order chi connectivity index (χ1) is 9.24. The highest BCUT2D eigenvalue weighted by Crippen LogP contribution is 2.34. The number of hydrogen-bond donors (Lipinski definition) is 0. The Bertz CT molecular complexity index is 569. The molecule has 0 fully saturated rings. The number of hydrogen-bond acceptors (Lipinski definition) is 3. The van der Waals surface area contributed by atoms with E-state index in [1.54, 1.807) is 0 Å². The zero-order chi connectivity index (χ0) is 13.2. The highest BCUT2D eigenvalue weighted by Gasteiger charge is 2.24. The van der Waals surface area contributed by atoms with Crippen molar-refractivity contribution in [3.8, 4) is 5.75 Å². The van der Waals surface area contributed by atoms with E-state index in [2.05, 4.69) is 39.3 Å². The summed E-state index contributed by atoms with van der Waals surface area (Å²) >= 11 is 5.39. The van der Waals surface area contributed by atoms with Crippen LogP contribution in [0.1, 0.15) is 16.5 Å². The minimum atomic E-state index is 0.118. The number of likely N-dealkylation sites (N-methyl/N-ethyl adjacent to an activating group) is 1. The van der Waals surface area contributed by atoms with Crippen LogP contribution in [0.5, 0.6) is 5.75 Å². The molecular weight excluding hydrogens is 322 g/mol. The minimum Gasteiger partial charge on any atom is -0.483 e. The molecule has 19 heavy (non-hydrogen) atoms. The quantitative estimate of drug-likeness (QED) is 0.817. The molecule has 0 spiro atoms. The Morgan fingerprint density at radius 2 is 2.16 bits per heavy atom. The standard InChI is InChI=1S/C15H16BrNOS/c1-17-8-6-15-11(7-9-19-15)14(10-17)18-13-5-3-2-4-12(13)16/h2-5,7,9,14H,6,8,10H2,1H3. The smallest absolute Gasteiger partial charge is 0.137 e. The van der Waals surface area contributed by atoms with E-state index in [1.807, 2.05) is 35.6 Å². The summed E-state index contributed by atoms with van der Waals surface area (Å²) < 4.78 is 7.25. The van der Waals surface area contributed by atoms with E-state index in [-0.39, 0.29) is 6.10 Å². The third-order valence-electron chi connectivity index (χ3n) is 3.43. The first-order valence-electron chi connectivity index (χ1n) is 6.40. The normalized spacial score (nSPS) is 19.8. The van der Waals surface area contributed by atoms with Crippen molar-refractivity contribution in [3.63, 3.8) is 0 Å². The molecule has 2 nitrogen and oxygen atoms in total. The van der Waals surface area contributed by atoms with Crippen LogP contribution in [0.3, 0.4) is 0 Å². The average molecular weight is 338 g/mol. The second-order valence-corrected chi connectivity index (χ2v) is 6.70. The monoisotopic (exact) mass is 337 g/mol. The molecule has 1 aliphatic rings. The summed E-state index contributed by atoms with van der Waals surface area (Å²) in [5.41, 5.74) is 1.35. The molecule has 2 heterocycles. The van der Waals surface area contributed by atoms with Gasteiger partial charge in [-0.1, -0.05) is 12.1 Å². The van der Waals surface area contributed by atoms with E-state index in [9.17, 15) is 0 Å². The van der Waals surface area contributed by atoms with Gasteiger partial charge in [0.15, 0.2) is 0 Å². The molecule has 0 aliphatic carbocycles. The van der Waals surface area contributed by atoms with Gasteiger partial charge in [-0.2, -0.15) is 0 Å². The highest BCUT2D eigenvalue weighted by molar-refractivity contribution is 9.10. The summed E-state index contributed by atoms with van der Waals surface area (Å²) in [6.07, 6.45) is 1.24. The van der Waals surface area contributed by atoms with Crippen molar-refractivity contribution in [2.75, 3.05) is 20.1 Å². The maximum Gasteiger partial charge on any atom is 0.137 e. The van der Waals surface area contributed by atoms with Crippen molar-refractivity contribution in [2.24, 2.45) is 0 Å². The zero-order valence-electron chi connectivity index (χ0n) is 10.8. The highest BCUT2D eigenvalue weighted by atomic mass is 79.9. The van der Waals surface area contributed by atoms with Crippen molar-refractivity contribution in [1.29, 1.82) is 0 Å². The van der Waals surface area contributed by atoms with Crippen molar-refractivity contribution < 1.29 is 4.74 Å². The van der Waals surface area contributed by atoms with Crippen LogP contribution in [0.2, 0.25) is 0 Å². The summed E-state index contributed by atoms with van der Waals surface area (Å²) in [6, 6.07) is 10.3. The van der Waals surface area contributed by atoms with Crippen molar-refractivity contribution in [1.82, 2.24) is 4.90 Å². The summed E-state index contributed by atoms with van der Waals surface area (Å²) in [6.45, 7) is 2.04. The molecule has 0 saturated carbocycles. The number of thiophene rings is 1. The number of fused-ring (bicyclic) bond motifs is 1. The van der Waals surface area contributed by atoms with Crippen molar-refractivity contribution >= 4 is 27.3 Å². The molecule has 0 amide bonds. The van der Waals surface area contributed by atoms with Gasteiger partial charge in [-0.3, -0.25) is 0 Å². The van der Waals surface area contributed by atoms with E-state index >= 15 is 0 Å². The topological polar surface area (TPSA) is 12.5 Å². The molecule has 1 atom stereocenters. The Hall–Kier alpha value is -0.840. The molecule has 2 aromatic rings. The molecule has 0 saturated heterocycles. The fraction of sp³-hybridized carbons (Fsp3) is 0.333. The molecule has 4 heteroatoms. The van der Waals surface area contributed by atoms with Crippen LogP contribution in [-0.2, 0) is 6.42 Å². The van der Waals surface area contributed by atoms with Gasteiger partial charge in [-0.25, -0.2) is 0 Å². The number of rotatable bonds is 2. The molecule has 1 aromatic carbocycles. The Morgan fingerprint density at radius 1 is 1.32 bits per heavy atom. The van der Waals surface area contributed by atoms with Gasteiger partial charge < -0.3 is 9.64 Å². The molecular formula is C15H16BrNOS. The summed E-state index contributed by atoms with van der Waals surface area (Å²) in [5.74, 6) is 0.917. The maximum atomic E-state index is 6.24. The molecule has 0 bridgehead atoms. The summed E-state index contributed by atoms with van der Waals surface area (Å²) in [4.78, 5) is 3.80. The zero-order valence-corrected chi connectivity index (χ0v) is 13.2. The number of halogens is 1. The fourth-order valence-corrected chi connectivity index (χ4v) is 3.70. The predicted octanol–water partition coefficient (Wildman–Crippen LogP) is 4.12. The van der Waals surface area contributed by atoms with Gasteiger partial charge in [0.05, 0.1) is 4.47 Å². The van der Waals surface area contributed by atoms with Crippen molar-refractivity contribution in [2.45, 2.75) is 12.5 Å². The van der Waals surface area contributed by atoms with Gasteiger partial charge in [0, 0.05) is 23.5 Å². The summed E-state index contributed by atoms with van der Waals surface area (Å²) in [7, 11) is 2.16. The van der Waals surface area contributed by atoms with E-state index in [0.29, 0.717) is 0 Å². The van der Waals surface area contributed by atoms with Gasteiger partial charge in [-0.05, 0) is 53.0 Å². The first kappa shape index (κ1) is 13.2. The van der Waals surface area contributed by atoms with E-state index < -0.39 is 0 Å². The Morgan fingerprint density at radius 3 is 3.00 bits per heavy atom. The molecule has 1 unspecified atom stereocenters. The van der Waals surface area contributed by atoms with Crippen LogP contribution in [0.15, 0.2) is 40.2 Å². The number of para-hydroxylation sites is 1. The molecule has 0 radical (unpaired) electrons. The van der Waals surface area contributed by atoms with Crippen LogP contribution >= 0.6 is 27.3 Å². The van der Waals surface area contributed by atoms with Crippen molar-refractivity contribution in [3.05, 3.63) is 50.6 Å². The Kier molecular flexibility index (Phi) is 3.91. The third-order valence-corrected chi connectivity index (χ3v) is 5.08. The van der Waals surface area contributed by atoms with Gasteiger partial charge in [0.1, 0.15) is 11.9 Å². The average Bonchev–Trinajstić information content (AvgIpc) is 2.81. The molecule has 1 aromatic heterocycles. The number of nitrogens with zero attached hydrogens (tertiary/aromatic N) is 1. The third kappa shape index (κ3) is 2.86. The van der Waals surface area contributed by atoms with Gasteiger partial charge >= 0.3 is 0 Å². The number of ether oxygens (including phenoxy) is 1. The summed E-state index contributed by atoms with van der Waals surface area (Å²) in [5, 5.41) is 2.17. The van der Waals surface area contributed by atoms with Crippen LogP contribution < -0.4 is 4.74 Å². The molecule has 3 rings (SSSR count). The van der Waals surface area contributed by atoms with E-state index in [4.69, 9.17) is 4.74 Å². The van der Waals surface area contributed by atoms with Gasteiger partial charge in [0.2, 0.25) is 0 Å². The van der Waals surface area contributed by atoms with Crippen LogP contribution in [0, 0.1) is 0 Å². The lowest BCUT2D eigenvalue weighted by Crippen LogP contribution is -2.26. The largest absolute Gasteiger partial charge is 0.483 e. The van der Waals surface area contributed by atoms with E-state index in [0.717, 1.165) is 29.7 Å². The Balaban J connectivity index is 1.89. The second kappa shape index (κ2) is 5.65. The van der Waals surface area contributed by atoms with Crippen LogP contribution in [0.4, 0.5) is 0 Å². The Labute approximate surface area is 126 Å². The van der Waals surface area contributed by atoms with Crippen LogP contribution in [-0.4, -0.2) is 25.0 Å². The number of benzene rings is 1. The van der Waals surface area contributed by atoms with E-state index in [1.165, 1.54) is 10.4 Å². The second-order valence-electron chi connectivity index (χ2n) is 4.85. The molecule has 1 aliphatic heterocycles. The SMILES string of the molecule is CN1CCc2sccc2C(Oc2ccccc2Br)C1. The lowest BCUT2D eigenvalue weighted by atomic mass is 10.1. The van der Waals surface area contributed by atoms with Gasteiger partial charge in [-0.15, -0.1) is 11.3 Å². The van der Waals surface area contributed by atoms with Crippen LogP contribution in [0.25, 0.3) is 0 Å². The molecule has 0 N–H and O–H groups in total.